The third-order valence-corrected chi connectivity index (χ3v) is 7.83. The maximum Gasteiger partial charge on any atom is 0.301 e. The number of anilines is 1. The van der Waals surface area contributed by atoms with Gasteiger partial charge in [0.15, 0.2) is 23.4 Å². The Morgan fingerprint density at radius 3 is 2.52 bits per heavy atom. The summed E-state index contributed by atoms with van der Waals surface area (Å²) in [5.74, 6) is -2.43. The van der Waals surface area contributed by atoms with E-state index >= 15 is 0 Å². The van der Waals surface area contributed by atoms with Gasteiger partial charge in [-0.05, 0) is 6.07 Å². The summed E-state index contributed by atoms with van der Waals surface area (Å²) in [5, 5.41) is 30.7. The van der Waals surface area contributed by atoms with E-state index in [0.29, 0.717) is 11.2 Å². The highest BCUT2D eigenvalue weighted by Gasteiger charge is 2.44. The van der Waals surface area contributed by atoms with Crippen molar-refractivity contribution in [1.29, 1.82) is 0 Å². The van der Waals surface area contributed by atoms with E-state index in [-0.39, 0.29) is 22.3 Å². The number of hydrogen-bond acceptors (Lipinski definition) is 13. The summed E-state index contributed by atoms with van der Waals surface area (Å²) in [4.78, 5) is 56.5. The minimum absolute atomic E-state index is 0.0258. The molecule has 0 unspecified atom stereocenters. The number of pyridine rings is 1. The Kier molecular flexibility index (Phi) is 7.60. The number of nitrogen functional groups attached to an aromatic ring is 1. The average molecular weight is 601 g/mol. The molecule has 0 aliphatic carbocycles. The number of nitrogens with zero attached hydrogens (tertiary/aromatic N) is 3. The number of aromatic hydroxyl groups is 1. The van der Waals surface area contributed by atoms with Gasteiger partial charge in [-0.25, -0.2) is 14.7 Å². The highest BCUT2D eigenvalue weighted by molar-refractivity contribution is 7.88. The number of Topliss-reactive ketones (excluding diaryl/α,β-unsaturated/α-hetero) is 1. The van der Waals surface area contributed by atoms with Crippen LogP contribution in [0, 0.1) is 0 Å². The van der Waals surface area contributed by atoms with Crippen LogP contribution in [0.3, 0.4) is 0 Å². The Labute approximate surface area is 236 Å². The maximum atomic E-state index is 12.7. The van der Waals surface area contributed by atoms with Crippen molar-refractivity contribution in [1.82, 2.24) is 24.0 Å². The van der Waals surface area contributed by atoms with Crippen LogP contribution in [0.25, 0.3) is 22.3 Å². The quantitative estimate of drug-likeness (QED) is 0.0870. The van der Waals surface area contributed by atoms with Gasteiger partial charge in [0.05, 0.1) is 17.6 Å². The molecule has 0 bridgehead atoms. The van der Waals surface area contributed by atoms with Gasteiger partial charge in [-0.2, -0.15) is 13.1 Å². The lowest BCUT2D eigenvalue weighted by molar-refractivity contribution is -0.119. The zero-order valence-electron chi connectivity index (χ0n) is 21.5. The first-order valence-electron chi connectivity index (χ1n) is 12.4. The van der Waals surface area contributed by atoms with E-state index in [0.717, 1.165) is 0 Å². The van der Waals surface area contributed by atoms with E-state index in [1.165, 1.54) is 47.4 Å². The number of carbonyl (C=O) groups excluding carboxylic acids is 2. The Bertz CT molecular complexity index is 1880. The van der Waals surface area contributed by atoms with Gasteiger partial charge >= 0.3 is 10.2 Å². The number of rotatable bonds is 10. The summed E-state index contributed by atoms with van der Waals surface area (Å²) < 4.78 is 35.7. The molecule has 7 N–H and O–H groups in total. The normalized spacial score (nSPS) is 20.7. The third-order valence-electron chi connectivity index (χ3n) is 6.79. The number of aliphatic hydroxyl groups excluding tert-OH is 2. The number of fused-ring (bicyclic) bond motifs is 1. The van der Waals surface area contributed by atoms with Crippen LogP contribution >= 0.6 is 0 Å². The molecule has 2 aromatic heterocycles. The molecular formula is C25H24N6O10S. The van der Waals surface area contributed by atoms with E-state index in [9.17, 15) is 42.9 Å². The van der Waals surface area contributed by atoms with Gasteiger partial charge in [0.1, 0.15) is 23.8 Å². The predicted octanol–water partition coefficient (Wildman–Crippen LogP) is -1.78. The molecule has 42 heavy (non-hydrogen) atoms. The van der Waals surface area contributed by atoms with Crippen molar-refractivity contribution in [3.63, 3.8) is 0 Å². The molecule has 1 saturated heterocycles. The maximum absolute atomic E-state index is 12.7. The second-order valence-corrected chi connectivity index (χ2v) is 11.0. The van der Waals surface area contributed by atoms with Crippen molar-refractivity contribution >= 4 is 38.8 Å². The molecule has 0 radical (unpaired) electrons. The van der Waals surface area contributed by atoms with E-state index in [4.69, 9.17) is 10.5 Å². The van der Waals surface area contributed by atoms with Gasteiger partial charge in [-0.15, -0.1) is 0 Å². The van der Waals surface area contributed by atoms with Crippen LogP contribution < -0.4 is 26.0 Å². The smallest absolute Gasteiger partial charge is 0.301 e. The van der Waals surface area contributed by atoms with Crippen LogP contribution in [0.2, 0.25) is 0 Å². The van der Waals surface area contributed by atoms with Gasteiger partial charge in [-0.1, -0.05) is 24.3 Å². The summed E-state index contributed by atoms with van der Waals surface area (Å²) >= 11 is 0. The summed E-state index contributed by atoms with van der Waals surface area (Å²) in [7, 11) is -4.47. The van der Waals surface area contributed by atoms with Crippen molar-refractivity contribution < 1.29 is 38.1 Å². The second-order valence-electron chi connectivity index (χ2n) is 9.50. The van der Waals surface area contributed by atoms with Crippen LogP contribution in [0.15, 0.2) is 52.4 Å². The Balaban J connectivity index is 1.17. The number of ether oxygens (including phenoxy) is 1. The lowest BCUT2D eigenvalue weighted by Gasteiger charge is -2.16. The molecular weight excluding hydrogens is 576 g/mol. The summed E-state index contributed by atoms with van der Waals surface area (Å²) in [5.41, 5.74) is 4.51. The van der Waals surface area contributed by atoms with E-state index < -0.39 is 82.4 Å². The number of ketones is 1. The highest BCUT2D eigenvalue weighted by Crippen LogP contribution is 2.32. The first kappa shape index (κ1) is 29.0. The Hall–Kier alpha value is -4.55. The van der Waals surface area contributed by atoms with Crippen molar-refractivity contribution in [3.05, 3.63) is 68.9 Å². The minimum atomic E-state index is -4.47. The average Bonchev–Trinajstić information content (AvgIpc) is 3.52. The number of nitrogens with two attached hydrogens (primary N) is 1. The van der Waals surface area contributed by atoms with Crippen molar-refractivity contribution in [2.75, 3.05) is 12.3 Å². The lowest BCUT2D eigenvalue weighted by atomic mass is 9.92. The molecule has 16 nitrogen and oxygen atoms in total. The Morgan fingerprint density at radius 1 is 1.05 bits per heavy atom. The molecule has 1 aliphatic rings. The summed E-state index contributed by atoms with van der Waals surface area (Å²) in [6, 6.07) is 7.21. The fourth-order valence-electron chi connectivity index (χ4n) is 4.63. The van der Waals surface area contributed by atoms with Crippen LogP contribution in [0.1, 0.15) is 29.4 Å². The van der Waals surface area contributed by atoms with Crippen LogP contribution in [-0.2, 0) is 19.7 Å². The molecule has 1 aliphatic heterocycles. The van der Waals surface area contributed by atoms with Crippen molar-refractivity contribution in [2.24, 2.45) is 0 Å². The molecule has 1 fully saturated rings. The molecule has 3 heterocycles. The van der Waals surface area contributed by atoms with Gasteiger partial charge in [0.25, 0.3) is 5.43 Å². The molecule has 4 atom stereocenters. The first-order valence-corrected chi connectivity index (χ1v) is 13.9. The number of benzene rings is 1. The topological polar surface area (TPSA) is 253 Å². The number of hydrogen-bond donors (Lipinski definition) is 6. The SMILES string of the molecule is Nc1ccnc2c1ncn2[C@@H]1O[C@H](CNS(=O)(=O)NC(=O)CCC(=O)c2ccccc2-c2c(O)c(=O)c2=O)[C@@H](O)[C@H]1O. The zero-order valence-corrected chi connectivity index (χ0v) is 22.3. The molecule has 220 valence electrons. The first-order chi connectivity index (χ1) is 19.9. The van der Waals surface area contributed by atoms with Gasteiger partial charge in [0, 0.05) is 36.7 Å². The fraction of sp³-hybridized carbons (Fsp3) is 0.280. The van der Waals surface area contributed by atoms with E-state index in [1.807, 2.05) is 0 Å². The van der Waals surface area contributed by atoms with Crippen LogP contribution in [0.5, 0.6) is 5.75 Å². The summed E-state index contributed by atoms with van der Waals surface area (Å²) in [6.45, 7) is -0.531. The molecule has 17 heteroatoms. The molecule has 0 saturated carbocycles. The molecule has 1 amide bonds. The Morgan fingerprint density at radius 2 is 1.79 bits per heavy atom. The number of amides is 1. The number of aliphatic hydroxyl groups is 2. The van der Waals surface area contributed by atoms with Gasteiger partial charge < -0.3 is 25.8 Å². The molecule has 0 spiro atoms. The molecule has 4 aromatic rings. The second kappa shape index (κ2) is 11.0. The van der Waals surface area contributed by atoms with E-state index in [1.54, 1.807) is 4.72 Å². The van der Waals surface area contributed by atoms with Gasteiger partial charge in [-0.3, -0.25) is 23.7 Å². The summed E-state index contributed by atoms with van der Waals surface area (Å²) in [6.07, 6.45) is -3.66. The lowest BCUT2D eigenvalue weighted by Crippen LogP contribution is -2.45. The highest BCUT2D eigenvalue weighted by atomic mass is 32.2. The standard InChI is InChI=1S/C25H24N6O10S/c26-13-7-8-27-24-18(13)28-10-31(24)25-23(38)19(34)15(41-25)9-29-42(39,40)30-16(33)6-5-14(32)11-3-1-2-4-12(11)17-20(35)22(37)21(17)36/h1-4,7-8,10,15,19,23,25,29,34-35,38H,5-6,9H2,(H2,26,27)(H,30,33)/t15-,19-,23-,25-/m1/s1. The number of carbonyl (C=O) groups is 2. The van der Waals surface area contributed by atoms with Crippen LogP contribution in [0.4, 0.5) is 5.69 Å². The number of imidazole rings is 1. The molecule has 5 rings (SSSR count). The molecule has 2 aromatic carbocycles. The van der Waals surface area contributed by atoms with Gasteiger partial charge in [0.2, 0.25) is 11.3 Å². The van der Waals surface area contributed by atoms with Crippen molar-refractivity contribution in [2.45, 2.75) is 37.4 Å². The van der Waals surface area contributed by atoms with Crippen LogP contribution in [-0.4, -0.2) is 74.8 Å². The third kappa shape index (κ3) is 5.26. The van der Waals surface area contributed by atoms with E-state index in [2.05, 4.69) is 14.7 Å². The zero-order chi connectivity index (χ0) is 30.3. The fourth-order valence-corrected chi connectivity index (χ4v) is 5.49. The monoisotopic (exact) mass is 600 g/mol. The predicted molar refractivity (Wildman–Crippen MR) is 145 cm³/mol. The van der Waals surface area contributed by atoms with Crippen molar-refractivity contribution in [3.8, 4) is 16.9 Å². The minimum Gasteiger partial charge on any atom is -0.503 e. The number of aromatic nitrogens is 3. The largest absolute Gasteiger partial charge is 0.503 e. The number of nitrogens with one attached hydrogen (secondary N) is 2.